The highest BCUT2D eigenvalue weighted by Crippen LogP contribution is 2.27. The zero-order chi connectivity index (χ0) is 21.2. The van der Waals surface area contributed by atoms with Crippen molar-refractivity contribution in [2.24, 2.45) is 0 Å². The van der Waals surface area contributed by atoms with Crippen molar-refractivity contribution in [3.63, 3.8) is 0 Å². The predicted octanol–water partition coefficient (Wildman–Crippen LogP) is 3.58. The molecule has 0 unspecified atom stereocenters. The summed E-state index contributed by atoms with van der Waals surface area (Å²) in [5.74, 6) is 0.433. The van der Waals surface area contributed by atoms with Crippen molar-refractivity contribution in [2.45, 2.75) is 32.4 Å². The number of aryl methyl sites for hydroxylation is 1. The van der Waals surface area contributed by atoms with Gasteiger partial charge in [-0.2, -0.15) is 0 Å². The Bertz CT molecular complexity index is 1180. The molecule has 1 amide bonds. The number of hydrogen-bond donors (Lipinski definition) is 1. The van der Waals surface area contributed by atoms with Crippen LogP contribution in [0.5, 0.6) is 0 Å². The maximum Gasteiger partial charge on any atom is 0.259 e. The summed E-state index contributed by atoms with van der Waals surface area (Å²) in [5.41, 5.74) is 3.10. The van der Waals surface area contributed by atoms with Crippen molar-refractivity contribution in [3.8, 4) is 11.5 Å². The summed E-state index contributed by atoms with van der Waals surface area (Å²) in [7, 11) is 0. The van der Waals surface area contributed by atoms with Crippen molar-refractivity contribution < 1.29 is 13.7 Å². The SMILES string of the molecule is Cc1noc2nc(-c3ccco3)cc(C(=O)NC3CCN(Cc4ccccn4)CC3)c12. The van der Waals surface area contributed by atoms with Gasteiger partial charge in [0.2, 0.25) is 0 Å². The fourth-order valence-electron chi connectivity index (χ4n) is 4.04. The van der Waals surface area contributed by atoms with Gasteiger partial charge in [0.1, 0.15) is 5.69 Å². The maximum atomic E-state index is 13.2. The summed E-state index contributed by atoms with van der Waals surface area (Å²) in [6, 6.07) is 11.4. The molecule has 0 atom stereocenters. The average molecular weight is 417 g/mol. The smallest absolute Gasteiger partial charge is 0.259 e. The Morgan fingerprint density at radius 1 is 1.23 bits per heavy atom. The standard InChI is InChI=1S/C23H23N5O3/c1-15-21-18(13-19(20-6-4-12-30-20)26-23(21)31-27-15)22(29)25-16-7-10-28(11-8-16)14-17-5-2-3-9-24-17/h2-6,9,12-13,16H,7-8,10-11,14H2,1H3,(H,25,29). The summed E-state index contributed by atoms with van der Waals surface area (Å²) >= 11 is 0. The molecule has 0 saturated carbocycles. The van der Waals surface area contributed by atoms with Crippen LogP contribution in [0.2, 0.25) is 0 Å². The first-order valence-electron chi connectivity index (χ1n) is 10.4. The molecule has 158 valence electrons. The number of hydrogen-bond acceptors (Lipinski definition) is 7. The molecule has 1 fully saturated rings. The van der Waals surface area contributed by atoms with Crippen LogP contribution in [-0.2, 0) is 6.54 Å². The Morgan fingerprint density at radius 3 is 2.84 bits per heavy atom. The fourth-order valence-corrected chi connectivity index (χ4v) is 4.04. The number of carbonyl (C=O) groups is 1. The molecule has 0 aromatic carbocycles. The number of aromatic nitrogens is 3. The first-order valence-corrected chi connectivity index (χ1v) is 10.4. The topological polar surface area (TPSA) is 97.3 Å². The third-order valence-corrected chi connectivity index (χ3v) is 5.67. The van der Waals surface area contributed by atoms with Crippen LogP contribution in [0.4, 0.5) is 0 Å². The van der Waals surface area contributed by atoms with Gasteiger partial charge in [0.05, 0.1) is 28.6 Å². The van der Waals surface area contributed by atoms with Gasteiger partial charge in [-0.1, -0.05) is 11.2 Å². The van der Waals surface area contributed by atoms with Gasteiger partial charge in [-0.15, -0.1) is 0 Å². The van der Waals surface area contributed by atoms with Crippen LogP contribution in [0.15, 0.2) is 57.8 Å². The lowest BCUT2D eigenvalue weighted by Crippen LogP contribution is -2.44. The molecule has 4 aromatic heterocycles. The van der Waals surface area contributed by atoms with E-state index in [4.69, 9.17) is 8.94 Å². The zero-order valence-electron chi connectivity index (χ0n) is 17.2. The van der Waals surface area contributed by atoms with Crippen molar-refractivity contribution in [1.29, 1.82) is 0 Å². The van der Waals surface area contributed by atoms with E-state index < -0.39 is 0 Å². The first kappa shape index (κ1) is 19.4. The molecule has 0 spiro atoms. The van der Waals surface area contributed by atoms with Crippen molar-refractivity contribution in [2.75, 3.05) is 13.1 Å². The van der Waals surface area contributed by atoms with Crippen molar-refractivity contribution in [1.82, 2.24) is 25.3 Å². The largest absolute Gasteiger partial charge is 0.463 e. The zero-order valence-corrected chi connectivity index (χ0v) is 17.2. The van der Waals surface area contributed by atoms with Gasteiger partial charge in [0.15, 0.2) is 5.76 Å². The van der Waals surface area contributed by atoms with Gasteiger partial charge < -0.3 is 14.3 Å². The van der Waals surface area contributed by atoms with Crippen molar-refractivity contribution >= 4 is 17.0 Å². The lowest BCUT2D eigenvalue weighted by atomic mass is 10.0. The summed E-state index contributed by atoms with van der Waals surface area (Å²) in [6.45, 7) is 4.47. The number of nitrogens with zero attached hydrogens (tertiary/aromatic N) is 4. The van der Waals surface area contributed by atoms with E-state index in [0.717, 1.165) is 38.2 Å². The Balaban J connectivity index is 1.30. The lowest BCUT2D eigenvalue weighted by Gasteiger charge is -2.32. The number of amides is 1. The van der Waals surface area contributed by atoms with Gasteiger partial charge in [0.25, 0.3) is 11.6 Å². The van der Waals surface area contributed by atoms with Gasteiger partial charge >= 0.3 is 0 Å². The second-order valence-electron chi connectivity index (χ2n) is 7.83. The van der Waals surface area contributed by atoms with Crippen LogP contribution in [0, 0.1) is 6.92 Å². The van der Waals surface area contributed by atoms with E-state index in [1.165, 1.54) is 0 Å². The maximum absolute atomic E-state index is 13.2. The number of piperidine rings is 1. The number of carbonyl (C=O) groups excluding carboxylic acids is 1. The quantitative estimate of drug-likeness (QED) is 0.530. The molecule has 8 heteroatoms. The third kappa shape index (κ3) is 4.06. The summed E-state index contributed by atoms with van der Waals surface area (Å²) in [4.78, 5) is 24.4. The number of nitrogens with one attached hydrogen (secondary N) is 1. The van der Waals surface area contributed by atoms with E-state index in [-0.39, 0.29) is 11.9 Å². The number of pyridine rings is 2. The second-order valence-corrected chi connectivity index (χ2v) is 7.83. The van der Waals surface area contributed by atoms with Crippen LogP contribution in [0.1, 0.15) is 34.6 Å². The monoisotopic (exact) mass is 417 g/mol. The van der Waals surface area contributed by atoms with Crippen LogP contribution in [0.3, 0.4) is 0 Å². The molecule has 1 aliphatic rings. The highest BCUT2D eigenvalue weighted by molar-refractivity contribution is 6.07. The van der Waals surface area contributed by atoms with E-state index in [0.29, 0.717) is 33.8 Å². The van der Waals surface area contributed by atoms with Gasteiger partial charge in [0, 0.05) is 31.9 Å². The molecule has 5 rings (SSSR count). The van der Waals surface area contributed by atoms with Crippen LogP contribution in [0.25, 0.3) is 22.6 Å². The Morgan fingerprint density at radius 2 is 2.10 bits per heavy atom. The molecule has 1 N–H and O–H groups in total. The molecule has 0 radical (unpaired) electrons. The van der Waals surface area contributed by atoms with Gasteiger partial charge in [-0.3, -0.25) is 14.7 Å². The Hall–Kier alpha value is -3.52. The molecule has 1 aliphatic heterocycles. The number of fused-ring (bicyclic) bond motifs is 1. The van der Waals surface area contributed by atoms with Crippen molar-refractivity contribution in [3.05, 3.63) is 65.8 Å². The van der Waals surface area contributed by atoms with Crippen LogP contribution >= 0.6 is 0 Å². The molecular weight excluding hydrogens is 394 g/mol. The van der Waals surface area contributed by atoms with E-state index >= 15 is 0 Å². The Kier molecular flexibility index (Phi) is 5.21. The lowest BCUT2D eigenvalue weighted by molar-refractivity contribution is 0.0910. The minimum atomic E-state index is -0.144. The predicted molar refractivity (Wildman–Crippen MR) is 114 cm³/mol. The van der Waals surface area contributed by atoms with Gasteiger partial charge in [-0.25, -0.2) is 4.98 Å². The highest BCUT2D eigenvalue weighted by Gasteiger charge is 2.25. The summed E-state index contributed by atoms with van der Waals surface area (Å²) in [6.07, 6.45) is 5.17. The van der Waals surface area contributed by atoms with E-state index in [9.17, 15) is 4.79 Å². The molecule has 5 heterocycles. The molecule has 1 saturated heterocycles. The van der Waals surface area contributed by atoms with Gasteiger partial charge in [-0.05, 0) is 50.1 Å². The molecule has 4 aromatic rings. The molecule has 0 bridgehead atoms. The molecular formula is C23H23N5O3. The number of furan rings is 1. The minimum absolute atomic E-state index is 0.114. The molecule has 31 heavy (non-hydrogen) atoms. The first-order chi connectivity index (χ1) is 15.2. The molecule has 0 aliphatic carbocycles. The minimum Gasteiger partial charge on any atom is -0.463 e. The summed E-state index contributed by atoms with van der Waals surface area (Å²) < 4.78 is 10.8. The second kappa shape index (κ2) is 8.31. The van der Waals surface area contributed by atoms with Crippen LogP contribution in [-0.4, -0.2) is 45.1 Å². The number of rotatable bonds is 5. The Labute approximate surface area is 179 Å². The fraction of sp³-hybridized carbons (Fsp3) is 0.304. The van der Waals surface area contributed by atoms with E-state index in [1.54, 1.807) is 24.5 Å². The average Bonchev–Trinajstić information content (AvgIpc) is 3.46. The molecule has 8 nitrogen and oxygen atoms in total. The van der Waals surface area contributed by atoms with E-state index in [1.807, 2.05) is 31.3 Å². The van der Waals surface area contributed by atoms with Crippen LogP contribution < -0.4 is 5.32 Å². The third-order valence-electron chi connectivity index (χ3n) is 5.67. The highest BCUT2D eigenvalue weighted by atomic mass is 16.5. The normalized spacial score (nSPS) is 15.4. The number of likely N-dealkylation sites (tertiary alicyclic amines) is 1. The summed E-state index contributed by atoms with van der Waals surface area (Å²) in [5, 5.41) is 7.83. The van der Waals surface area contributed by atoms with E-state index in [2.05, 4.69) is 25.3 Å².